The molecule has 0 aliphatic heterocycles. The van der Waals surface area contributed by atoms with Gasteiger partial charge in [0.25, 0.3) is 0 Å². The standard InChI is InChI=1S/C52H33N3S/c1-3-15-33(16-4-1)38-20-9-10-23-45(38)51-53-50(36-29-30-40-37(32-36)31-35-19-7-8-21-39(35)40)54-52(55-51)46-27-13-24-42(48(46)34-17-5-2-6-18-34)44-26-14-25-43-41-22-11-12-28-47(41)56-49(43)44/h1-30,32H,31H2. The van der Waals surface area contributed by atoms with Crippen molar-refractivity contribution in [2.45, 2.75) is 6.42 Å². The molecule has 1 aliphatic carbocycles. The van der Waals surface area contributed by atoms with E-state index in [9.17, 15) is 0 Å². The average molecular weight is 732 g/mol. The summed E-state index contributed by atoms with van der Waals surface area (Å²) in [6.45, 7) is 0. The second kappa shape index (κ2) is 13.4. The minimum atomic E-state index is 0.640. The molecule has 0 saturated carbocycles. The van der Waals surface area contributed by atoms with Crippen LogP contribution in [0, 0.1) is 0 Å². The van der Waals surface area contributed by atoms with E-state index in [2.05, 4.69) is 188 Å². The number of fused-ring (bicyclic) bond motifs is 6. The highest BCUT2D eigenvalue weighted by Gasteiger charge is 2.23. The molecule has 3 nitrogen and oxygen atoms in total. The Kier molecular flexibility index (Phi) is 7.75. The highest BCUT2D eigenvalue weighted by Crippen LogP contribution is 2.46. The molecule has 0 saturated heterocycles. The number of thiophene rings is 1. The van der Waals surface area contributed by atoms with Crippen molar-refractivity contribution in [3.63, 3.8) is 0 Å². The van der Waals surface area contributed by atoms with Gasteiger partial charge in [0.15, 0.2) is 17.5 Å². The molecule has 56 heavy (non-hydrogen) atoms. The summed E-state index contributed by atoms with van der Waals surface area (Å²) in [7, 11) is 0. The summed E-state index contributed by atoms with van der Waals surface area (Å²) in [6, 6.07) is 66.9. The van der Waals surface area contributed by atoms with Crippen LogP contribution in [0.2, 0.25) is 0 Å². The maximum absolute atomic E-state index is 5.39. The summed E-state index contributed by atoms with van der Waals surface area (Å²) in [5, 5.41) is 2.56. The first-order valence-electron chi connectivity index (χ1n) is 19.0. The number of aromatic nitrogens is 3. The van der Waals surface area contributed by atoms with E-state index in [1.807, 2.05) is 11.3 Å². The summed E-state index contributed by atoms with van der Waals surface area (Å²) in [4.78, 5) is 16.1. The molecule has 11 rings (SSSR count). The van der Waals surface area contributed by atoms with Crippen molar-refractivity contribution in [3.8, 4) is 78.7 Å². The highest BCUT2D eigenvalue weighted by molar-refractivity contribution is 7.26. The van der Waals surface area contributed by atoms with Crippen molar-refractivity contribution in [2.75, 3.05) is 0 Å². The fourth-order valence-electron chi connectivity index (χ4n) is 8.42. The van der Waals surface area contributed by atoms with Crippen molar-refractivity contribution in [1.29, 1.82) is 0 Å². The topological polar surface area (TPSA) is 38.7 Å². The van der Waals surface area contributed by atoms with Crippen LogP contribution < -0.4 is 0 Å². The summed E-state index contributed by atoms with van der Waals surface area (Å²) in [5.74, 6) is 1.94. The number of nitrogens with zero attached hydrogens (tertiary/aromatic N) is 3. The fraction of sp³-hybridized carbons (Fsp3) is 0.0192. The van der Waals surface area contributed by atoms with Crippen LogP contribution in [0.5, 0.6) is 0 Å². The van der Waals surface area contributed by atoms with Crippen molar-refractivity contribution in [1.82, 2.24) is 15.0 Å². The molecule has 0 unspecified atom stereocenters. The maximum atomic E-state index is 5.39. The minimum absolute atomic E-state index is 0.640. The third-order valence-electron chi connectivity index (χ3n) is 11.0. The second-order valence-corrected chi connectivity index (χ2v) is 15.4. The van der Waals surface area contributed by atoms with E-state index in [0.29, 0.717) is 17.5 Å². The smallest absolute Gasteiger partial charge is 0.164 e. The van der Waals surface area contributed by atoms with Crippen LogP contribution in [0.4, 0.5) is 0 Å². The molecule has 4 heteroatoms. The molecule has 1 aliphatic rings. The predicted octanol–water partition coefficient (Wildman–Crippen LogP) is 13.8. The van der Waals surface area contributed by atoms with Crippen molar-refractivity contribution in [3.05, 3.63) is 199 Å². The van der Waals surface area contributed by atoms with Gasteiger partial charge in [0.05, 0.1) is 0 Å². The van der Waals surface area contributed by atoms with Crippen LogP contribution in [-0.2, 0) is 6.42 Å². The van der Waals surface area contributed by atoms with Crippen LogP contribution in [0.25, 0.3) is 98.8 Å². The molecule has 2 aromatic heterocycles. The van der Waals surface area contributed by atoms with Crippen LogP contribution in [0.1, 0.15) is 11.1 Å². The molecule has 0 fully saturated rings. The predicted molar refractivity (Wildman–Crippen MR) is 234 cm³/mol. The first kappa shape index (κ1) is 32.4. The zero-order chi connectivity index (χ0) is 37.0. The normalized spacial score (nSPS) is 11.9. The molecular formula is C52H33N3S. The Labute approximate surface area is 329 Å². The number of rotatable bonds is 6. The second-order valence-electron chi connectivity index (χ2n) is 14.3. The van der Waals surface area contributed by atoms with E-state index in [-0.39, 0.29) is 0 Å². The van der Waals surface area contributed by atoms with Gasteiger partial charge in [-0.1, -0.05) is 176 Å². The first-order chi connectivity index (χ1) is 27.8. The van der Waals surface area contributed by atoms with Crippen LogP contribution in [0.3, 0.4) is 0 Å². The lowest BCUT2D eigenvalue weighted by Gasteiger charge is -2.17. The maximum Gasteiger partial charge on any atom is 0.164 e. The van der Waals surface area contributed by atoms with Crippen molar-refractivity contribution >= 4 is 31.5 Å². The molecule has 0 spiro atoms. The van der Waals surface area contributed by atoms with Gasteiger partial charge >= 0.3 is 0 Å². The van der Waals surface area contributed by atoms with Gasteiger partial charge < -0.3 is 0 Å². The average Bonchev–Trinajstić information content (AvgIpc) is 3.85. The number of benzene rings is 8. The lowest BCUT2D eigenvalue weighted by molar-refractivity contribution is 1.07. The molecule has 262 valence electrons. The molecule has 10 aromatic rings. The molecular weight excluding hydrogens is 699 g/mol. The third kappa shape index (κ3) is 5.45. The summed E-state index contributed by atoms with van der Waals surface area (Å²) < 4.78 is 2.56. The lowest BCUT2D eigenvalue weighted by atomic mass is 9.89. The van der Waals surface area contributed by atoms with Gasteiger partial charge in [-0.2, -0.15) is 0 Å². The summed E-state index contributed by atoms with van der Waals surface area (Å²) in [5.41, 5.74) is 14.9. The Bertz CT molecular complexity index is 3110. The van der Waals surface area contributed by atoms with Gasteiger partial charge in [0, 0.05) is 48.0 Å². The summed E-state index contributed by atoms with van der Waals surface area (Å²) >= 11 is 1.85. The zero-order valence-corrected chi connectivity index (χ0v) is 31.2. The van der Waals surface area contributed by atoms with E-state index in [1.54, 1.807) is 0 Å². The first-order valence-corrected chi connectivity index (χ1v) is 19.8. The van der Waals surface area contributed by atoms with Crippen molar-refractivity contribution < 1.29 is 0 Å². The fourth-order valence-corrected chi connectivity index (χ4v) is 9.65. The monoisotopic (exact) mass is 731 g/mol. The van der Waals surface area contributed by atoms with Gasteiger partial charge in [0.2, 0.25) is 0 Å². The van der Waals surface area contributed by atoms with E-state index >= 15 is 0 Å². The largest absolute Gasteiger partial charge is 0.208 e. The zero-order valence-electron chi connectivity index (χ0n) is 30.4. The van der Waals surface area contributed by atoms with Gasteiger partial charge in [0.1, 0.15) is 0 Å². The Morgan fingerprint density at radius 1 is 0.339 bits per heavy atom. The van der Waals surface area contributed by atoms with E-state index in [0.717, 1.165) is 50.9 Å². The Hall–Kier alpha value is -7.01. The Morgan fingerprint density at radius 3 is 1.75 bits per heavy atom. The highest BCUT2D eigenvalue weighted by atomic mass is 32.1. The molecule has 0 atom stereocenters. The molecule has 0 bridgehead atoms. The number of hydrogen-bond acceptors (Lipinski definition) is 4. The molecule has 0 amide bonds. The van der Waals surface area contributed by atoms with Crippen LogP contribution in [0.15, 0.2) is 188 Å². The SMILES string of the molecule is c1ccc(-c2ccccc2-c2nc(-c3ccc4c(c3)Cc3ccccc3-4)nc(-c3cccc(-c4cccc5c4sc4ccccc45)c3-c3ccccc3)n2)cc1. The Balaban J connectivity index is 1.17. The molecule has 8 aromatic carbocycles. The third-order valence-corrected chi connectivity index (χ3v) is 12.2. The van der Waals surface area contributed by atoms with E-state index < -0.39 is 0 Å². The quantitative estimate of drug-likeness (QED) is 0.171. The minimum Gasteiger partial charge on any atom is -0.208 e. The van der Waals surface area contributed by atoms with Crippen LogP contribution in [-0.4, -0.2) is 15.0 Å². The van der Waals surface area contributed by atoms with Crippen molar-refractivity contribution in [2.24, 2.45) is 0 Å². The Morgan fingerprint density at radius 2 is 0.911 bits per heavy atom. The molecule has 0 radical (unpaired) electrons. The van der Waals surface area contributed by atoms with Gasteiger partial charge in [-0.05, 0) is 63.1 Å². The van der Waals surface area contributed by atoms with E-state index in [4.69, 9.17) is 15.0 Å². The van der Waals surface area contributed by atoms with Gasteiger partial charge in [-0.25, -0.2) is 15.0 Å². The molecule has 0 N–H and O–H groups in total. The van der Waals surface area contributed by atoms with Gasteiger partial charge in [-0.3, -0.25) is 0 Å². The van der Waals surface area contributed by atoms with E-state index in [1.165, 1.54) is 48.0 Å². The van der Waals surface area contributed by atoms with Gasteiger partial charge in [-0.15, -0.1) is 11.3 Å². The number of hydrogen-bond donors (Lipinski definition) is 0. The summed E-state index contributed by atoms with van der Waals surface area (Å²) in [6.07, 6.45) is 0.893. The van der Waals surface area contributed by atoms with Crippen LogP contribution >= 0.6 is 11.3 Å². The lowest BCUT2D eigenvalue weighted by Crippen LogP contribution is -2.03. The molecule has 2 heterocycles.